The Morgan fingerprint density at radius 3 is 2.54 bits per heavy atom. The zero-order chi connectivity index (χ0) is 20.6. The van der Waals surface area contributed by atoms with Gasteiger partial charge in [-0.05, 0) is 44.6 Å². The van der Waals surface area contributed by atoms with Crippen molar-refractivity contribution in [2.24, 2.45) is 16.8 Å². The van der Waals surface area contributed by atoms with E-state index < -0.39 is 0 Å². The molecule has 2 rings (SSSR count). The van der Waals surface area contributed by atoms with Crippen LogP contribution in [0, 0.1) is 11.8 Å². The van der Waals surface area contributed by atoms with Crippen molar-refractivity contribution in [1.29, 1.82) is 0 Å². The monoisotopic (exact) mass is 391 g/mol. The summed E-state index contributed by atoms with van der Waals surface area (Å²) in [5.41, 5.74) is -0.0261. The van der Waals surface area contributed by atoms with E-state index >= 15 is 0 Å². The second-order valence-electron chi connectivity index (χ2n) is 9.40. The summed E-state index contributed by atoms with van der Waals surface area (Å²) in [5.74, 6) is 4.07. The predicted octanol–water partition coefficient (Wildman–Crippen LogP) is 3.79. The van der Waals surface area contributed by atoms with Gasteiger partial charge in [-0.1, -0.05) is 34.6 Å². The predicted molar refractivity (Wildman–Crippen MR) is 117 cm³/mol. The Bertz CT molecular complexity index is 594. The molecule has 1 aliphatic heterocycles. The smallest absolute Gasteiger partial charge is 0.216 e. The highest BCUT2D eigenvalue weighted by molar-refractivity contribution is 5.79. The lowest BCUT2D eigenvalue weighted by Crippen LogP contribution is -2.40. The van der Waals surface area contributed by atoms with Crippen molar-refractivity contribution in [1.82, 2.24) is 20.5 Å². The number of unbranched alkanes of at least 4 members (excludes halogenated alkanes) is 1. The van der Waals surface area contributed by atoms with Gasteiger partial charge in [-0.25, -0.2) is 9.98 Å². The summed E-state index contributed by atoms with van der Waals surface area (Å²) in [6.45, 7) is 19.2. The van der Waals surface area contributed by atoms with Crippen LogP contribution in [-0.4, -0.2) is 48.6 Å². The van der Waals surface area contributed by atoms with E-state index in [9.17, 15) is 0 Å². The number of guanidine groups is 1. The van der Waals surface area contributed by atoms with Gasteiger partial charge in [0.05, 0.1) is 6.20 Å². The number of hydrogen-bond acceptors (Lipinski definition) is 4. The van der Waals surface area contributed by atoms with Crippen LogP contribution in [0.3, 0.4) is 0 Å². The van der Waals surface area contributed by atoms with Gasteiger partial charge in [0, 0.05) is 31.6 Å². The van der Waals surface area contributed by atoms with Gasteiger partial charge in [0.25, 0.3) is 0 Å². The molecule has 0 bridgehead atoms. The van der Waals surface area contributed by atoms with Crippen molar-refractivity contribution in [2.45, 2.75) is 72.8 Å². The number of aromatic nitrogens is 1. The fourth-order valence-corrected chi connectivity index (χ4v) is 3.86. The van der Waals surface area contributed by atoms with E-state index in [-0.39, 0.29) is 5.41 Å². The van der Waals surface area contributed by atoms with E-state index in [1.54, 1.807) is 0 Å². The largest absolute Gasteiger partial charge is 0.443 e. The van der Waals surface area contributed by atoms with Gasteiger partial charge < -0.3 is 20.0 Å². The number of oxazole rings is 1. The minimum absolute atomic E-state index is 0.0261. The summed E-state index contributed by atoms with van der Waals surface area (Å²) >= 11 is 0. The fraction of sp³-hybridized carbons (Fsp3) is 0.818. The lowest BCUT2D eigenvalue weighted by molar-refractivity contribution is 0.139. The number of likely N-dealkylation sites (tertiary alicyclic amines) is 1. The summed E-state index contributed by atoms with van der Waals surface area (Å²) in [6, 6.07) is 0. The van der Waals surface area contributed by atoms with Gasteiger partial charge in [0.15, 0.2) is 5.96 Å². The fourth-order valence-electron chi connectivity index (χ4n) is 3.86. The van der Waals surface area contributed by atoms with Crippen molar-refractivity contribution in [3.63, 3.8) is 0 Å². The van der Waals surface area contributed by atoms with Gasteiger partial charge >= 0.3 is 0 Å². The van der Waals surface area contributed by atoms with E-state index in [1.807, 2.05) is 6.20 Å². The first-order chi connectivity index (χ1) is 13.3. The Morgan fingerprint density at radius 2 is 1.93 bits per heavy atom. The number of nitrogens with zero attached hydrogens (tertiary/aromatic N) is 3. The molecule has 6 heteroatoms. The lowest BCUT2D eigenvalue weighted by atomic mass is 9.92. The van der Waals surface area contributed by atoms with Crippen LogP contribution in [0.1, 0.15) is 72.5 Å². The Labute approximate surface area is 171 Å². The number of rotatable bonds is 8. The van der Waals surface area contributed by atoms with Gasteiger partial charge in [0.1, 0.15) is 12.3 Å². The van der Waals surface area contributed by atoms with Crippen LogP contribution in [-0.2, 0) is 12.0 Å². The third-order valence-electron chi connectivity index (χ3n) is 5.15. The molecule has 1 aliphatic rings. The standard InChI is InChI=1S/C22H41N5O/c1-7-23-21(26-14-20-25-13-19(28-20)22(4,5)6)24-10-8-9-11-27-15-17(2)12-18(3)16-27/h13,17-18H,7-12,14-16H2,1-6H3,(H2,23,24,26). The second-order valence-corrected chi connectivity index (χ2v) is 9.40. The molecule has 0 amide bonds. The van der Waals surface area contributed by atoms with E-state index in [2.05, 4.69) is 67.1 Å². The van der Waals surface area contributed by atoms with Crippen molar-refractivity contribution in [3.05, 3.63) is 17.8 Å². The minimum Gasteiger partial charge on any atom is -0.443 e. The molecule has 2 unspecified atom stereocenters. The molecule has 2 heterocycles. The van der Waals surface area contributed by atoms with Crippen LogP contribution >= 0.6 is 0 Å². The Balaban J connectivity index is 1.71. The van der Waals surface area contributed by atoms with Crippen LogP contribution in [0.15, 0.2) is 15.6 Å². The van der Waals surface area contributed by atoms with Crippen molar-refractivity contribution in [3.8, 4) is 0 Å². The van der Waals surface area contributed by atoms with E-state index in [0.717, 1.165) is 43.1 Å². The zero-order valence-electron chi connectivity index (χ0n) is 18.8. The summed E-state index contributed by atoms with van der Waals surface area (Å²) < 4.78 is 5.82. The highest BCUT2D eigenvalue weighted by Crippen LogP contribution is 2.23. The minimum atomic E-state index is -0.0261. The van der Waals surface area contributed by atoms with Crippen LogP contribution in [0.2, 0.25) is 0 Å². The third kappa shape index (κ3) is 7.82. The molecule has 0 saturated carbocycles. The Morgan fingerprint density at radius 1 is 1.21 bits per heavy atom. The maximum Gasteiger partial charge on any atom is 0.216 e. The highest BCUT2D eigenvalue weighted by Gasteiger charge is 2.21. The maximum atomic E-state index is 5.82. The SMILES string of the molecule is CCNC(=NCc1ncc(C(C)(C)C)o1)NCCCCN1CC(C)CC(C)C1. The average molecular weight is 392 g/mol. The number of hydrogen-bond donors (Lipinski definition) is 2. The Hall–Kier alpha value is -1.56. The molecule has 0 aliphatic carbocycles. The van der Waals surface area contributed by atoms with Crippen molar-refractivity contribution in [2.75, 3.05) is 32.7 Å². The molecule has 2 N–H and O–H groups in total. The van der Waals surface area contributed by atoms with Crippen molar-refractivity contribution >= 4 is 5.96 Å². The van der Waals surface area contributed by atoms with E-state index in [0.29, 0.717) is 12.4 Å². The van der Waals surface area contributed by atoms with Crippen molar-refractivity contribution < 1.29 is 4.42 Å². The van der Waals surface area contributed by atoms with Gasteiger partial charge in [-0.2, -0.15) is 0 Å². The maximum absolute atomic E-state index is 5.82. The number of nitrogens with one attached hydrogen (secondary N) is 2. The molecule has 1 fully saturated rings. The normalized spacial score (nSPS) is 21.7. The number of aliphatic imine (C=N–C) groups is 1. The highest BCUT2D eigenvalue weighted by atomic mass is 16.4. The first kappa shape index (κ1) is 22.7. The van der Waals surface area contributed by atoms with E-state index in [1.165, 1.54) is 32.5 Å². The quantitative estimate of drug-likeness (QED) is 0.401. The second kappa shape index (κ2) is 10.8. The lowest BCUT2D eigenvalue weighted by Gasteiger charge is -2.34. The number of piperidine rings is 1. The Kier molecular flexibility index (Phi) is 8.80. The molecule has 6 nitrogen and oxygen atoms in total. The van der Waals surface area contributed by atoms with E-state index in [4.69, 9.17) is 4.42 Å². The molecule has 2 atom stereocenters. The summed E-state index contributed by atoms with van der Waals surface area (Å²) in [5, 5.41) is 6.73. The molecule has 0 spiro atoms. The van der Waals surface area contributed by atoms with Gasteiger partial charge in [-0.15, -0.1) is 0 Å². The molecule has 1 aromatic heterocycles. The molecule has 28 heavy (non-hydrogen) atoms. The molecular weight excluding hydrogens is 350 g/mol. The third-order valence-corrected chi connectivity index (χ3v) is 5.15. The molecule has 1 saturated heterocycles. The first-order valence-corrected chi connectivity index (χ1v) is 11.0. The van der Waals surface area contributed by atoms with Crippen LogP contribution in [0.4, 0.5) is 0 Å². The molecule has 0 radical (unpaired) electrons. The zero-order valence-corrected chi connectivity index (χ0v) is 18.8. The summed E-state index contributed by atoms with van der Waals surface area (Å²) in [7, 11) is 0. The van der Waals surface area contributed by atoms with Gasteiger partial charge in [0.2, 0.25) is 5.89 Å². The van der Waals surface area contributed by atoms with Crippen LogP contribution in [0.25, 0.3) is 0 Å². The van der Waals surface area contributed by atoms with Crippen LogP contribution in [0.5, 0.6) is 0 Å². The molecule has 160 valence electrons. The summed E-state index contributed by atoms with van der Waals surface area (Å²) in [6.07, 6.45) is 5.56. The topological polar surface area (TPSA) is 65.7 Å². The average Bonchev–Trinajstić information content (AvgIpc) is 3.08. The van der Waals surface area contributed by atoms with Crippen LogP contribution < -0.4 is 10.6 Å². The molecule has 0 aromatic carbocycles. The molecular formula is C22H41N5O. The molecule has 1 aromatic rings. The van der Waals surface area contributed by atoms with Gasteiger partial charge in [-0.3, -0.25) is 0 Å². The first-order valence-electron chi connectivity index (χ1n) is 11.0. The summed E-state index contributed by atoms with van der Waals surface area (Å²) in [4.78, 5) is 11.6.